The fourth-order valence-electron chi connectivity index (χ4n) is 2.10. The summed E-state index contributed by atoms with van der Waals surface area (Å²) in [5.41, 5.74) is 1.80. The summed E-state index contributed by atoms with van der Waals surface area (Å²) >= 11 is 0. The molecule has 0 saturated carbocycles. The molecule has 1 heterocycles. The van der Waals surface area contributed by atoms with Crippen LogP contribution < -0.4 is 0 Å². The highest BCUT2D eigenvalue weighted by atomic mass is 16.5. The maximum Gasteiger partial charge on any atom is 0.328 e. The summed E-state index contributed by atoms with van der Waals surface area (Å²) in [5, 5.41) is 9.71. The van der Waals surface area contributed by atoms with E-state index in [2.05, 4.69) is 11.8 Å². The van der Waals surface area contributed by atoms with Crippen molar-refractivity contribution in [2.75, 3.05) is 13.2 Å². The normalized spacial score (nSPS) is 11.8. The first kappa shape index (κ1) is 14.2. The van der Waals surface area contributed by atoms with Crippen molar-refractivity contribution >= 4 is 16.9 Å². The zero-order valence-corrected chi connectivity index (χ0v) is 11.6. The predicted molar refractivity (Wildman–Crippen MR) is 77.2 cm³/mol. The fourth-order valence-corrected chi connectivity index (χ4v) is 2.10. The Morgan fingerprint density at radius 2 is 2.25 bits per heavy atom. The van der Waals surface area contributed by atoms with Crippen molar-refractivity contribution < 1.29 is 14.6 Å². The highest BCUT2D eigenvalue weighted by Gasteiger charge is 2.17. The van der Waals surface area contributed by atoms with E-state index in [-0.39, 0.29) is 18.6 Å². The molecule has 0 aliphatic rings. The third kappa shape index (κ3) is 2.84. The minimum atomic E-state index is -0.359. The smallest absolute Gasteiger partial charge is 0.328 e. The monoisotopic (exact) mass is 271 g/mol. The van der Waals surface area contributed by atoms with Gasteiger partial charge in [-0.05, 0) is 38.1 Å². The van der Waals surface area contributed by atoms with Crippen molar-refractivity contribution in [1.82, 2.24) is 4.57 Å². The molecule has 1 aromatic carbocycles. The molecule has 1 aromatic heterocycles. The van der Waals surface area contributed by atoms with Gasteiger partial charge in [0.2, 0.25) is 0 Å². The lowest BCUT2D eigenvalue weighted by atomic mass is 10.1. The Morgan fingerprint density at radius 1 is 1.45 bits per heavy atom. The van der Waals surface area contributed by atoms with E-state index >= 15 is 0 Å². The molecule has 4 heteroatoms. The topological polar surface area (TPSA) is 51.5 Å². The molecular formula is C16H17NO3. The van der Waals surface area contributed by atoms with Crippen molar-refractivity contribution in [3.05, 3.63) is 36.0 Å². The molecule has 20 heavy (non-hydrogen) atoms. The zero-order valence-electron chi connectivity index (χ0n) is 11.6. The fraction of sp³-hybridized carbons (Fsp3) is 0.312. The molecule has 0 aliphatic carbocycles. The number of carbonyl (C=O) groups excluding carboxylic acids is 1. The first-order valence-corrected chi connectivity index (χ1v) is 6.54. The van der Waals surface area contributed by atoms with Crippen LogP contribution in [-0.4, -0.2) is 28.9 Å². The second-order valence-electron chi connectivity index (χ2n) is 4.38. The lowest BCUT2D eigenvalue weighted by molar-refractivity contribution is -0.146. The maximum absolute atomic E-state index is 11.8. The summed E-state index contributed by atoms with van der Waals surface area (Å²) in [6.07, 6.45) is 1.87. The largest absolute Gasteiger partial charge is 0.464 e. The third-order valence-corrected chi connectivity index (χ3v) is 3.08. The molecule has 0 aliphatic heterocycles. The number of fused-ring (bicyclic) bond motifs is 1. The summed E-state index contributed by atoms with van der Waals surface area (Å²) in [7, 11) is 0. The molecule has 4 nitrogen and oxygen atoms in total. The van der Waals surface area contributed by atoms with Crippen LogP contribution in [0, 0.1) is 11.8 Å². The molecule has 1 unspecified atom stereocenters. The Labute approximate surface area is 118 Å². The Kier molecular flexibility index (Phi) is 4.44. The van der Waals surface area contributed by atoms with Crippen LogP contribution in [0.4, 0.5) is 0 Å². The van der Waals surface area contributed by atoms with Crippen LogP contribution in [0.2, 0.25) is 0 Å². The number of nitrogens with zero attached hydrogens (tertiary/aromatic N) is 1. The van der Waals surface area contributed by atoms with Gasteiger partial charge in [0, 0.05) is 22.7 Å². The van der Waals surface area contributed by atoms with Gasteiger partial charge < -0.3 is 14.4 Å². The summed E-state index contributed by atoms with van der Waals surface area (Å²) in [5.74, 6) is 5.24. The van der Waals surface area contributed by atoms with Crippen molar-refractivity contribution in [3.8, 4) is 11.8 Å². The number of ether oxygens (including phenoxy) is 1. The third-order valence-electron chi connectivity index (χ3n) is 3.08. The van der Waals surface area contributed by atoms with Gasteiger partial charge in [-0.15, -0.1) is 0 Å². The van der Waals surface area contributed by atoms with Crippen molar-refractivity contribution in [3.63, 3.8) is 0 Å². The highest BCUT2D eigenvalue weighted by Crippen LogP contribution is 2.22. The number of hydrogen-bond donors (Lipinski definition) is 1. The lowest BCUT2D eigenvalue weighted by Crippen LogP contribution is -2.18. The van der Waals surface area contributed by atoms with Gasteiger partial charge in [0.1, 0.15) is 12.6 Å². The molecule has 0 amide bonds. The Hall–Kier alpha value is -2.25. The number of rotatable bonds is 3. The van der Waals surface area contributed by atoms with Gasteiger partial charge in [0.15, 0.2) is 0 Å². The average molecular weight is 271 g/mol. The van der Waals surface area contributed by atoms with Crippen LogP contribution >= 0.6 is 0 Å². The average Bonchev–Trinajstić information content (AvgIpc) is 2.87. The number of hydrogen-bond acceptors (Lipinski definition) is 3. The number of esters is 1. The molecule has 2 rings (SSSR count). The summed E-state index contributed by atoms with van der Waals surface area (Å²) in [6.45, 7) is 3.84. The van der Waals surface area contributed by atoms with Crippen molar-refractivity contribution in [2.24, 2.45) is 0 Å². The summed E-state index contributed by atoms with van der Waals surface area (Å²) < 4.78 is 6.93. The highest BCUT2D eigenvalue weighted by molar-refractivity contribution is 5.84. The molecule has 0 bridgehead atoms. The van der Waals surface area contributed by atoms with E-state index in [0.717, 1.165) is 16.5 Å². The Balaban J connectivity index is 2.35. The number of aromatic nitrogens is 1. The van der Waals surface area contributed by atoms with Gasteiger partial charge in [0.05, 0.1) is 6.61 Å². The van der Waals surface area contributed by atoms with E-state index in [1.54, 1.807) is 6.92 Å². The lowest BCUT2D eigenvalue weighted by Gasteiger charge is -2.13. The van der Waals surface area contributed by atoms with Crippen LogP contribution in [0.25, 0.3) is 10.9 Å². The van der Waals surface area contributed by atoms with Gasteiger partial charge in [-0.1, -0.05) is 11.8 Å². The van der Waals surface area contributed by atoms with Gasteiger partial charge in [-0.3, -0.25) is 0 Å². The van der Waals surface area contributed by atoms with Gasteiger partial charge in [0.25, 0.3) is 0 Å². The first-order valence-electron chi connectivity index (χ1n) is 6.54. The summed E-state index contributed by atoms with van der Waals surface area (Å²) in [4.78, 5) is 11.8. The number of aliphatic hydroxyl groups excluding tert-OH is 1. The van der Waals surface area contributed by atoms with E-state index in [1.807, 2.05) is 42.0 Å². The standard InChI is InChI=1S/C16H17NO3/c1-3-20-16(19)12(2)17-9-8-14-11-13(5-4-10-18)6-7-15(14)17/h6-9,11-12,18H,3,10H2,1-2H3. The van der Waals surface area contributed by atoms with E-state index < -0.39 is 0 Å². The van der Waals surface area contributed by atoms with Crippen LogP contribution in [0.5, 0.6) is 0 Å². The Bertz CT molecular complexity index is 676. The number of benzene rings is 1. The van der Waals surface area contributed by atoms with E-state index in [0.29, 0.717) is 6.61 Å². The van der Waals surface area contributed by atoms with Crippen molar-refractivity contribution in [1.29, 1.82) is 0 Å². The maximum atomic E-state index is 11.8. The number of aliphatic hydroxyl groups is 1. The molecule has 0 saturated heterocycles. The first-order chi connectivity index (χ1) is 9.67. The second kappa shape index (κ2) is 6.27. The minimum absolute atomic E-state index is 0.154. The van der Waals surface area contributed by atoms with Crippen molar-refractivity contribution in [2.45, 2.75) is 19.9 Å². The van der Waals surface area contributed by atoms with E-state index in [4.69, 9.17) is 9.84 Å². The van der Waals surface area contributed by atoms with Crippen LogP contribution in [0.15, 0.2) is 30.5 Å². The van der Waals surface area contributed by atoms with Crippen LogP contribution in [0.1, 0.15) is 25.5 Å². The van der Waals surface area contributed by atoms with Crippen LogP contribution in [-0.2, 0) is 9.53 Å². The molecule has 104 valence electrons. The van der Waals surface area contributed by atoms with Gasteiger partial charge in [-0.25, -0.2) is 4.79 Å². The molecule has 0 radical (unpaired) electrons. The minimum Gasteiger partial charge on any atom is -0.464 e. The predicted octanol–water partition coefficient (Wildman–Crippen LogP) is 2.11. The molecule has 0 spiro atoms. The van der Waals surface area contributed by atoms with Gasteiger partial charge >= 0.3 is 5.97 Å². The molecule has 2 aromatic rings. The SMILES string of the molecule is CCOC(=O)C(C)n1ccc2cc(C#CCO)ccc21. The Morgan fingerprint density at radius 3 is 2.95 bits per heavy atom. The molecule has 0 fully saturated rings. The van der Waals surface area contributed by atoms with Crippen LogP contribution in [0.3, 0.4) is 0 Å². The van der Waals surface area contributed by atoms with E-state index in [1.165, 1.54) is 0 Å². The molecule has 1 atom stereocenters. The van der Waals surface area contributed by atoms with Gasteiger partial charge in [-0.2, -0.15) is 0 Å². The van der Waals surface area contributed by atoms with E-state index in [9.17, 15) is 4.79 Å². The second-order valence-corrected chi connectivity index (χ2v) is 4.38. The quantitative estimate of drug-likeness (QED) is 0.687. The zero-order chi connectivity index (χ0) is 14.5. The molecular weight excluding hydrogens is 254 g/mol. The number of carbonyl (C=O) groups is 1. The molecule has 1 N–H and O–H groups in total. The summed E-state index contributed by atoms with van der Waals surface area (Å²) in [6, 6.07) is 7.31.